The molecule has 5 heteroatoms. The van der Waals surface area contributed by atoms with E-state index in [2.05, 4.69) is 45.7 Å². The third-order valence-electron chi connectivity index (χ3n) is 4.78. The molecule has 0 saturated heterocycles. The van der Waals surface area contributed by atoms with E-state index in [9.17, 15) is 4.79 Å². The van der Waals surface area contributed by atoms with Crippen LogP contribution in [0.15, 0.2) is 91.5 Å². The van der Waals surface area contributed by atoms with Crippen LogP contribution < -0.4 is 5.32 Å². The fourth-order valence-corrected chi connectivity index (χ4v) is 3.42. The second-order valence-electron chi connectivity index (χ2n) is 6.91. The van der Waals surface area contributed by atoms with Gasteiger partial charge < -0.3 is 5.32 Å². The molecule has 0 aliphatic carbocycles. The highest BCUT2D eigenvalue weighted by Crippen LogP contribution is 2.19. The lowest BCUT2D eigenvalue weighted by atomic mass is 10.0. The monoisotopic (exact) mass is 382 g/mol. The molecular formula is C24H22N4O. The molecular weight excluding hydrogens is 360 g/mol. The third kappa shape index (κ3) is 4.96. The molecule has 1 amide bonds. The van der Waals surface area contributed by atoms with Crippen LogP contribution >= 0.6 is 0 Å². The molecule has 1 heterocycles. The van der Waals surface area contributed by atoms with E-state index in [4.69, 9.17) is 0 Å². The van der Waals surface area contributed by atoms with Crippen LogP contribution in [0.5, 0.6) is 0 Å². The van der Waals surface area contributed by atoms with Crippen LogP contribution in [0.25, 0.3) is 16.8 Å². The lowest BCUT2D eigenvalue weighted by Gasteiger charge is -2.18. The van der Waals surface area contributed by atoms with Crippen molar-refractivity contribution in [3.63, 3.8) is 0 Å². The van der Waals surface area contributed by atoms with Gasteiger partial charge in [-0.2, -0.15) is 5.10 Å². The first-order valence-corrected chi connectivity index (χ1v) is 9.60. The molecule has 1 aromatic heterocycles. The molecule has 0 fully saturated rings. The van der Waals surface area contributed by atoms with Crippen molar-refractivity contribution in [2.45, 2.75) is 19.0 Å². The van der Waals surface area contributed by atoms with Crippen LogP contribution in [0, 0.1) is 0 Å². The Morgan fingerprint density at radius 2 is 1.79 bits per heavy atom. The normalized spacial score (nSPS) is 12.3. The summed E-state index contributed by atoms with van der Waals surface area (Å²) < 4.78 is 1.74. The van der Waals surface area contributed by atoms with Crippen molar-refractivity contribution in [1.29, 1.82) is 0 Å². The Kier molecular flexibility index (Phi) is 5.76. The van der Waals surface area contributed by atoms with Gasteiger partial charge in [-0.25, -0.2) is 4.98 Å². The molecule has 4 aromatic rings. The minimum absolute atomic E-state index is 0.0937. The first-order valence-electron chi connectivity index (χ1n) is 9.60. The van der Waals surface area contributed by atoms with Crippen LogP contribution in [0.2, 0.25) is 0 Å². The van der Waals surface area contributed by atoms with Crippen LogP contribution in [-0.4, -0.2) is 26.7 Å². The Labute approximate surface area is 169 Å². The molecule has 0 aliphatic rings. The summed E-state index contributed by atoms with van der Waals surface area (Å²) in [5.74, 6) is -0.126. The lowest BCUT2D eigenvalue weighted by Crippen LogP contribution is -2.38. The summed E-state index contributed by atoms with van der Waals surface area (Å²) >= 11 is 0. The summed E-state index contributed by atoms with van der Waals surface area (Å²) in [6.45, 7) is 0.558. The summed E-state index contributed by atoms with van der Waals surface area (Å²) in [5.41, 5.74) is 2.19. The number of carbonyl (C=O) groups excluding carboxylic acids is 1. The first kappa shape index (κ1) is 18.6. The Hall–Kier alpha value is -3.73. The van der Waals surface area contributed by atoms with Gasteiger partial charge in [0, 0.05) is 6.08 Å². The summed E-state index contributed by atoms with van der Waals surface area (Å²) in [4.78, 5) is 16.6. The Bertz CT molecular complexity index is 1100. The zero-order chi connectivity index (χ0) is 19.9. The van der Waals surface area contributed by atoms with E-state index in [1.165, 1.54) is 6.33 Å². The van der Waals surface area contributed by atoms with E-state index in [1.54, 1.807) is 17.1 Å². The van der Waals surface area contributed by atoms with Crippen LogP contribution in [0.3, 0.4) is 0 Å². The van der Waals surface area contributed by atoms with Gasteiger partial charge in [-0.05, 0) is 34.4 Å². The van der Waals surface area contributed by atoms with Gasteiger partial charge in [-0.1, -0.05) is 72.8 Å². The largest absolute Gasteiger partial charge is 0.348 e. The molecule has 0 bridgehead atoms. The molecule has 144 valence electrons. The molecule has 1 unspecified atom stereocenters. The molecule has 0 radical (unpaired) electrons. The minimum atomic E-state index is -0.126. The number of amides is 1. The van der Waals surface area contributed by atoms with E-state index >= 15 is 0 Å². The summed E-state index contributed by atoms with van der Waals surface area (Å²) in [6.07, 6.45) is 7.35. The maximum absolute atomic E-state index is 12.6. The quantitative estimate of drug-likeness (QED) is 0.494. The third-order valence-corrected chi connectivity index (χ3v) is 4.78. The van der Waals surface area contributed by atoms with Crippen molar-refractivity contribution in [2.24, 2.45) is 0 Å². The van der Waals surface area contributed by atoms with Crippen molar-refractivity contribution in [3.8, 4) is 0 Å². The van der Waals surface area contributed by atoms with Gasteiger partial charge in [0.2, 0.25) is 5.91 Å². The number of hydrogen-bond acceptors (Lipinski definition) is 3. The molecule has 0 aliphatic heterocycles. The highest BCUT2D eigenvalue weighted by atomic mass is 16.1. The smallest absolute Gasteiger partial charge is 0.244 e. The van der Waals surface area contributed by atoms with Crippen LogP contribution in [0.4, 0.5) is 0 Å². The fraction of sp³-hybridized carbons (Fsp3) is 0.125. The second kappa shape index (κ2) is 8.97. The number of fused-ring (bicyclic) bond motifs is 1. The van der Waals surface area contributed by atoms with E-state index in [0.29, 0.717) is 13.0 Å². The molecule has 1 atom stereocenters. The van der Waals surface area contributed by atoms with Crippen LogP contribution in [-0.2, 0) is 17.8 Å². The number of rotatable bonds is 7. The van der Waals surface area contributed by atoms with Gasteiger partial charge in [-0.3, -0.25) is 9.48 Å². The Morgan fingerprint density at radius 3 is 2.62 bits per heavy atom. The zero-order valence-electron chi connectivity index (χ0n) is 16.0. The highest BCUT2D eigenvalue weighted by molar-refractivity contribution is 5.96. The number of nitrogens with zero attached hydrogens (tertiary/aromatic N) is 3. The molecule has 5 nitrogen and oxygen atoms in total. The molecule has 0 saturated carbocycles. The van der Waals surface area contributed by atoms with Gasteiger partial charge in [0.15, 0.2) is 0 Å². The Morgan fingerprint density at radius 1 is 1.00 bits per heavy atom. The van der Waals surface area contributed by atoms with Crippen molar-refractivity contribution in [1.82, 2.24) is 20.1 Å². The molecule has 0 spiro atoms. The summed E-state index contributed by atoms with van der Waals surface area (Å²) in [7, 11) is 0. The molecule has 29 heavy (non-hydrogen) atoms. The van der Waals surface area contributed by atoms with Gasteiger partial charge >= 0.3 is 0 Å². The highest BCUT2D eigenvalue weighted by Gasteiger charge is 2.13. The Balaban J connectivity index is 1.48. The SMILES string of the molecule is O=C(/C=C/c1cccc2ccccc12)NC(Cc1ccccc1)Cn1cncn1. The minimum Gasteiger partial charge on any atom is -0.348 e. The van der Waals surface area contributed by atoms with Crippen molar-refractivity contribution in [3.05, 3.63) is 103 Å². The maximum atomic E-state index is 12.6. The molecule has 1 N–H and O–H groups in total. The lowest BCUT2D eigenvalue weighted by molar-refractivity contribution is -0.117. The zero-order valence-corrected chi connectivity index (χ0v) is 16.0. The fourth-order valence-electron chi connectivity index (χ4n) is 3.42. The number of nitrogens with one attached hydrogen (secondary N) is 1. The maximum Gasteiger partial charge on any atom is 0.244 e. The van der Waals surface area contributed by atoms with Gasteiger partial charge in [0.25, 0.3) is 0 Å². The van der Waals surface area contributed by atoms with E-state index in [0.717, 1.165) is 21.9 Å². The summed E-state index contributed by atoms with van der Waals surface area (Å²) in [6, 6.07) is 24.3. The van der Waals surface area contributed by atoms with Gasteiger partial charge in [0.1, 0.15) is 12.7 Å². The number of carbonyl (C=O) groups is 1. The predicted molar refractivity (Wildman–Crippen MR) is 115 cm³/mol. The first-order chi connectivity index (χ1) is 14.3. The number of benzene rings is 3. The van der Waals surface area contributed by atoms with Gasteiger partial charge in [-0.15, -0.1) is 0 Å². The standard InChI is InChI=1S/C24H22N4O/c29-24(14-13-21-11-6-10-20-9-4-5-12-23(20)21)27-22(16-28-18-25-17-26-28)15-19-7-2-1-3-8-19/h1-14,17-18,22H,15-16H2,(H,27,29)/b14-13+. The average Bonchev–Trinajstić information content (AvgIpc) is 3.26. The van der Waals surface area contributed by atoms with Crippen molar-refractivity contribution < 1.29 is 4.79 Å². The van der Waals surface area contributed by atoms with Crippen molar-refractivity contribution in [2.75, 3.05) is 0 Å². The van der Waals surface area contributed by atoms with Crippen molar-refractivity contribution >= 4 is 22.8 Å². The topological polar surface area (TPSA) is 59.8 Å². The predicted octanol–water partition coefficient (Wildman–Crippen LogP) is 3.87. The van der Waals surface area contributed by atoms with E-state index in [1.807, 2.05) is 48.5 Å². The van der Waals surface area contributed by atoms with Crippen LogP contribution in [0.1, 0.15) is 11.1 Å². The summed E-state index contributed by atoms with van der Waals surface area (Å²) in [5, 5.41) is 9.56. The van der Waals surface area contributed by atoms with E-state index < -0.39 is 0 Å². The number of hydrogen-bond donors (Lipinski definition) is 1. The average molecular weight is 382 g/mol. The van der Waals surface area contributed by atoms with Gasteiger partial charge in [0.05, 0.1) is 12.6 Å². The second-order valence-corrected chi connectivity index (χ2v) is 6.91. The van der Waals surface area contributed by atoms with E-state index in [-0.39, 0.29) is 11.9 Å². The molecule has 3 aromatic carbocycles. The molecule has 4 rings (SSSR count). The number of aromatic nitrogens is 3.